The summed E-state index contributed by atoms with van der Waals surface area (Å²) in [4.78, 5) is 17.3. The Hall–Kier alpha value is -2.46. The first-order valence-electron chi connectivity index (χ1n) is 9.29. The summed E-state index contributed by atoms with van der Waals surface area (Å²) in [5.41, 5.74) is 6.38. The minimum atomic E-state index is 0.00462. The molecular formula is C22H27N3O. The zero-order valence-electron chi connectivity index (χ0n) is 15.8. The molecule has 136 valence electrons. The van der Waals surface area contributed by atoms with Crippen molar-refractivity contribution in [2.24, 2.45) is 0 Å². The molecule has 1 amide bonds. The fourth-order valence-corrected chi connectivity index (χ4v) is 3.41. The summed E-state index contributed by atoms with van der Waals surface area (Å²) in [6.07, 6.45) is 5.25. The Morgan fingerprint density at radius 3 is 2.85 bits per heavy atom. The topological polar surface area (TPSA) is 54.0 Å². The largest absolute Gasteiger partial charge is 0.325 e. The van der Waals surface area contributed by atoms with Crippen LogP contribution in [0, 0.1) is 6.92 Å². The van der Waals surface area contributed by atoms with E-state index in [0.29, 0.717) is 12.3 Å². The van der Waals surface area contributed by atoms with Crippen molar-refractivity contribution in [3.8, 4) is 0 Å². The number of hydrogen-bond acceptors (Lipinski definition) is 3. The Morgan fingerprint density at radius 1 is 1.27 bits per heavy atom. The minimum Gasteiger partial charge on any atom is -0.325 e. The molecule has 1 aromatic heterocycles. The molecule has 26 heavy (non-hydrogen) atoms. The first-order valence-corrected chi connectivity index (χ1v) is 9.29. The van der Waals surface area contributed by atoms with Gasteiger partial charge in [0.05, 0.1) is 12.1 Å². The molecule has 0 saturated carbocycles. The third kappa shape index (κ3) is 4.20. The average molecular weight is 349 g/mol. The summed E-state index contributed by atoms with van der Waals surface area (Å²) in [6, 6.07) is 10.1. The Bertz CT molecular complexity index is 824. The Labute approximate surface area is 155 Å². The van der Waals surface area contributed by atoms with Crippen LogP contribution in [0.25, 0.3) is 5.57 Å². The van der Waals surface area contributed by atoms with Crippen LogP contribution in [0.5, 0.6) is 0 Å². The van der Waals surface area contributed by atoms with Gasteiger partial charge in [0.2, 0.25) is 5.91 Å². The summed E-state index contributed by atoms with van der Waals surface area (Å²) in [7, 11) is 0. The standard InChI is InChI=1S/C22H27N3O/c1-15(2)19-8-4-6-16(3)21(19)25-20(26)14-18-7-5-11-24-22(18)17-9-12-23-13-10-17/h4-9,11,15,23H,10,12-14H2,1-3H3,(H,25,26). The summed E-state index contributed by atoms with van der Waals surface area (Å²) >= 11 is 0. The van der Waals surface area contributed by atoms with E-state index in [1.165, 1.54) is 11.1 Å². The van der Waals surface area contributed by atoms with Gasteiger partial charge in [0.1, 0.15) is 0 Å². The Kier molecular flexibility index (Phi) is 5.84. The van der Waals surface area contributed by atoms with Crippen LogP contribution in [0.3, 0.4) is 0 Å². The highest BCUT2D eigenvalue weighted by molar-refractivity contribution is 5.94. The number of para-hydroxylation sites is 1. The lowest BCUT2D eigenvalue weighted by molar-refractivity contribution is -0.115. The van der Waals surface area contributed by atoms with Gasteiger partial charge in [-0.2, -0.15) is 0 Å². The van der Waals surface area contributed by atoms with Crippen LogP contribution in [0.2, 0.25) is 0 Å². The van der Waals surface area contributed by atoms with Gasteiger partial charge in [-0.1, -0.05) is 44.2 Å². The normalized spacial score (nSPS) is 14.2. The SMILES string of the molecule is Cc1cccc(C(C)C)c1NC(=O)Cc1cccnc1C1=CCNCC1. The van der Waals surface area contributed by atoms with Crippen LogP contribution in [-0.4, -0.2) is 24.0 Å². The van der Waals surface area contributed by atoms with E-state index in [-0.39, 0.29) is 5.91 Å². The molecule has 2 aromatic rings. The van der Waals surface area contributed by atoms with Crippen LogP contribution in [-0.2, 0) is 11.2 Å². The molecule has 4 nitrogen and oxygen atoms in total. The van der Waals surface area contributed by atoms with Gasteiger partial charge in [0, 0.05) is 18.4 Å². The molecular weight excluding hydrogens is 322 g/mol. The number of anilines is 1. The first kappa shape index (κ1) is 18.3. The van der Waals surface area contributed by atoms with Crippen LogP contribution < -0.4 is 10.6 Å². The zero-order chi connectivity index (χ0) is 18.5. The summed E-state index contributed by atoms with van der Waals surface area (Å²) in [5.74, 6) is 0.365. The number of hydrogen-bond donors (Lipinski definition) is 2. The van der Waals surface area contributed by atoms with Crippen LogP contribution >= 0.6 is 0 Å². The third-order valence-electron chi connectivity index (χ3n) is 4.80. The predicted octanol–water partition coefficient (Wildman–Crippen LogP) is 4.07. The molecule has 1 aliphatic rings. The molecule has 0 aliphatic carbocycles. The highest BCUT2D eigenvalue weighted by Gasteiger charge is 2.16. The molecule has 2 heterocycles. The van der Waals surface area contributed by atoms with Crippen LogP contribution in [0.1, 0.15) is 48.6 Å². The molecule has 3 rings (SSSR count). The van der Waals surface area contributed by atoms with E-state index in [0.717, 1.165) is 42.0 Å². The fraction of sp³-hybridized carbons (Fsp3) is 0.364. The lowest BCUT2D eigenvalue weighted by Gasteiger charge is -2.18. The van der Waals surface area contributed by atoms with Crippen molar-refractivity contribution in [1.29, 1.82) is 0 Å². The van der Waals surface area contributed by atoms with Gasteiger partial charge >= 0.3 is 0 Å². The maximum absolute atomic E-state index is 12.8. The van der Waals surface area contributed by atoms with Crippen molar-refractivity contribution in [2.75, 3.05) is 18.4 Å². The van der Waals surface area contributed by atoms with Crippen molar-refractivity contribution in [1.82, 2.24) is 10.3 Å². The van der Waals surface area contributed by atoms with Crippen molar-refractivity contribution < 1.29 is 4.79 Å². The van der Waals surface area contributed by atoms with E-state index in [9.17, 15) is 4.79 Å². The van der Waals surface area contributed by atoms with E-state index >= 15 is 0 Å². The monoisotopic (exact) mass is 349 g/mol. The number of nitrogens with one attached hydrogen (secondary N) is 2. The molecule has 2 N–H and O–H groups in total. The highest BCUT2D eigenvalue weighted by Crippen LogP contribution is 2.28. The molecule has 0 saturated heterocycles. The minimum absolute atomic E-state index is 0.00462. The summed E-state index contributed by atoms with van der Waals surface area (Å²) in [6.45, 7) is 8.14. The molecule has 4 heteroatoms. The van der Waals surface area contributed by atoms with Gasteiger partial charge < -0.3 is 10.6 Å². The summed E-state index contributed by atoms with van der Waals surface area (Å²) in [5, 5.41) is 6.46. The van der Waals surface area contributed by atoms with E-state index < -0.39 is 0 Å². The maximum Gasteiger partial charge on any atom is 0.228 e. The average Bonchev–Trinajstić information content (AvgIpc) is 2.64. The van der Waals surface area contributed by atoms with E-state index in [4.69, 9.17) is 0 Å². The maximum atomic E-state index is 12.8. The van der Waals surface area contributed by atoms with Crippen molar-refractivity contribution in [2.45, 2.75) is 39.5 Å². The summed E-state index contributed by atoms with van der Waals surface area (Å²) < 4.78 is 0. The number of nitrogens with zero attached hydrogens (tertiary/aromatic N) is 1. The second kappa shape index (κ2) is 8.28. The van der Waals surface area contributed by atoms with Gasteiger partial charge in [0.25, 0.3) is 0 Å². The Morgan fingerprint density at radius 2 is 2.12 bits per heavy atom. The Balaban J connectivity index is 1.81. The molecule has 1 aromatic carbocycles. The number of pyridine rings is 1. The van der Waals surface area contributed by atoms with Gasteiger partial charge in [-0.05, 0) is 54.1 Å². The lowest BCUT2D eigenvalue weighted by Crippen LogP contribution is -2.22. The van der Waals surface area contributed by atoms with Gasteiger partial charge in [-0.15, -0.1) is 0 Å². The first-order chi connectivity index (χ1) is 12.6. The molecule has 0 fully saturated rings. The number of carbonyl (C=O) groups is 1. The molecule has 0 bridgehead atoms. The second-order valence-corrected chi connectivity index (χ2v) is 7.11. The smallest absolute Gasteiger partial charge is 0.228 e. The molecule has 0 spiro atoms. The zero-order valence-corrected chi connectivity index (χ0v) is 15.8. The van der Waals surface area contributed by atoms with Crippen LogP contribution in [0.4, 0.5) is 5.69 Å². The van der Waals surface area contributed by atoms with E-state index in [1.807, 2.05) is 31.2 Å². The predicted molar refractivity (Wildman–Crippen MR) is 107 cm³/mol. The number of aromatic nitrogens is 1. The van der Waals surface area contributed by atoms with E-state index in [1.54, 1.807) is 6.20 Å². The van der Waals surface area contributed by atoms with Crippen molar-refractivity contribution in [3.05, 3.63) is 65.0 Å². The molecule has 0 atom stereocenters. The number of benzene rings is 1. The van der Waals surface area contributed by atoms with Crippen LogP contribution in [0.15, 0.2) is 42.6 Å². The molecule has 1 aliphatic heterocycles. The number of amides is 1. The highest BCUT2D eigenvalue weighted by atomic mass is 16.1. The fourth-order valence-electron chi connectivity index (χ4n) is 3.41. The van der Waals surface area contributed by atoms with Crippen molar-refractivity contribution in [3.63, 3.8) is 0 Å². The van der Waals surface area contributed by atoms with Gasteiger partial charge in [0.15, 0.2) is 0 Å². The lowest BCUT2D eigenvalue weighted by atomic mass is 9.97. The van der Waals surface area contributed by atoms with Gasteiger partial charge in [-0.3, -0.25) is 9.78 Å². The van der Waals surface area contributed by atoms with Gasteiger partial charge in [-0.25, -0.2) is 0 Å². The molecule has 0 unspecified atom stereocenters. The number of carbonyl (C=O) groups excluding carboxylic acids is 1. The number of rotatable bonds is 5. The number of aryl methyl sites for hydroxylation is 1. The second-order valence-electron chi connectivity index (χ2n) is 7.11. The quantitative estimate of drug-likeness (QED) is 0.855. The third-order valence-corrected chi connectivity index (χ3v) is 4.80. The molecule has 0 radical (unpaired) electrons. The van der Waals surface area contributed by atoms with Crippen molar-refractivity contribution >= 4 is 17.2 Å². The van der Waals surface area contributed by atoms with E-state index in [2.05, 4.69) is 41.6 Å².